The monoisotopic (exact) mass is 292 g/mol. The fraction of sp³-hybridized carbons (Fsp3) is 0.200. The maximum absolute atomic E-state index is 12.4. The van der Waals surface area contributed by atoms with Crippen molar-refractivity contribution in [2.75, 3.05) is 18.5 Å². The van der Waals surface area contributed by atoms with Crippen molar-refractivity contribution < 1.29 is 18.7 Å². The van der Waals surface area contributed by atoms with Gasteiger partial charge < -0.3 is 15.8 Å². The fourth-order valence-corrected chi connectivity index (χ4v) is 1.53. The predicted molar refractivity (Wildman–Crippen MR) is 79.6 cm³/mol. The van der Waals surface area contributed by atoms with Crippen LogP contribution in [0.25, 0.3) is 6.08 Å². The SMILES string of the molecule is C/C(C=O)=C\c1ccc(OC/C(=C\F)CN)cc1NC=O. The van der Waals surface area contributed by atoms with Crippen LogP contribution in [0.4, 0.5) is 10.1 Å². The summed E-state index contributed by atoms with van der Waals surface area (Å²) in [5.74, 6) is 0.452. The summed E-state index contributed by atoms with van der Waals surface area (Å²) in [7, 11) is 0. The van der Waals surface area contributed by atoms with Crippen LogP contribution in [0.15, 0.2) is 35.7 Å². The number of rotatable bonds is 8. The lowest BCUT2D eigenvalue weighted by Gasteiger charge is -2.11. The van der Waals surface area contributed by atoms with Gasteiger partial charge in [-0.2, -0.15) is 0 Å². The van der Waals surface area contributed by atoms with Gasteiger partial charge in [0.25, 0.3) is 0 Å². The average molecular weight is 292 g/mol. The molecule has 0 aromatic heterocycles. The summed E-state index contributed by atoms with van der Waals surface area (Å²) in [4.78, 5) is 21.3. The molecule has 1 amide bonds. The topological polar surface area (TPSA) is 81.4 Å². The van der Waals surface area contributed by atoms with Crippen molar-refractivity contribution in [2.24, 2.45) is 5.73 Å². The van der Waals surface area contributed by atoms with E-state index in [0.717, 1.165) is 0 Å². The first kappa shape index (κ1) is 16.6. The van der Waals surface area contributed by atoms with Crippen LogP contribution < -0.4 is 15.8 Å². The number of benzene rings is 1. The third-order valence-electron chi connectivity index (χ3n) is 2.65. The zero-order valence-electron chi connectivity index (χ0n) is 11.6. The highest BCUT2D eigenvalue weighted by molar-refractivity contribution is 5.86. The van der Waals surface area contributed by atoms with Crippen LogP contribution in [0.1, 0.15) is 12.5 Å². The van der Waals surface area contributed by atoms with E-state index in [1.54, 1.807) is 31.2 Å². The van der Waals surface area contributed by atoms with Crippen LogP contribution in [-0.2, 0) is 9.59 Å². The second kappa shape index (κ2) is 8.65. The average Bonchev–Trinajstić information content (AvgIpc) is 2.50. The van der Waals surface area contributed by atoms with E-state index < -0.39 is 0 Å². The van der Waals surface area contributed by atoms with Gasteiger partial charge in [-0.1, -0.05) is 0 Å². The number of nitrogens with two attached hydrogens (primary N) is 1. The molecule has 5 nitrogen and oxygen atoms in total. The third kappa shape index (κ3) is 5.19. The minimum absolute atomic E-state index is 0.0239. The van der Waals surface area contributed by atoms with Crippen LogP contribution in [0.3, 0.4) is 0 Å². The Kier molecular flexibility index (Phi) is 6.83. The van der Waals surface area contributed by atoms with E-state index in [4.69, 9.17) is 10.5 Å². The molecule has 0 aliphatic rings. The summed E-state index contributed by atoms with van der Waals surface area (Å²) in [5.41, 5.74) is 7.32. The third-order valence-corrected chi connectivity index (χ3v) is 2.65. The van der Waals surface area contributed by atoms with Crippen molar-refractivity contribution in [3.63, 3.8) is 0 Å². The van der Waals surface area contributed by atoms with E-state index >= 15 is 0 Å². The highest BCUT2D eigenvalue weighted by Gasteiger charge is 2.04. The van der Waals surface area contributed by atoms with Crippen molar-refractivity contribution in [2.45, 2.75) is 6.92 Å². The summed E-state index contributed by atoms with van der Waals surface area (Å²) in [6.45, 7) is 1.74. The molecule has 1 rings (SSSR count). The van der Waals surface area contributed by atoms with Crippen LogP contribution in [0.5, 0.6) is 5.75 Å². The van der Waals surface area contributed by atoms with E-state index in [1.807, 2.05) is 0 Å². The number of halogens is 1. The maximum atomic E-state index is 12.4. The van der Waals surface area contributed by atoms with Gasteiger partial charge in [0.1, 0.15) is 18.6 Å². The maximum Gasteiger partial charge on any atom is 0.211 e. The summed E-state index contributed by atoms with van der Waals surface area (Å²) >= 11 is 0. The van der Waals surface area contributed by atoms with Crippen molar-refractivity contribution in [1.82, 2.24) is 0 Å². The summed E-state index contributed by atoms with van der Waals surface area (Å²) < 4.78 is 17.8. The van der Waals surface area contributed by atoms with E-state index in [9.17, 15) is 14.0 Å². The van der Waals surface area contributed by atoms with Crippen LogP contribution in [0, 0.1) is 0 Å². The van der Waals surface area contributed by atoms with Crippen LogP contribution in [0.2, 0.25) is 0 Å². The van der Waals surface area contributed by atoms with E-state index in [0.29, 0.717) is 47.2 Å². The Bertz CT molecular complexity index is 568. The quantitative estimate of drug-likeness (QED) is 0.567. The number of anilines is 1. The number of amides is 1. The molecule has 0 bridgehead atoms. The van der Waals surface area contributed by atoms with Gasteiger partial charge in [0, 0.05) is 18.2 Å². The van der Waals surface area contributed by atoms with Gasteiger partial charge in [-0.05, 0) is 36.3 Å². The zero-order valence-corrected chi connectivity index (χ0v) is 11.6. The minimum atomic E-state index is 0.0239. The number of hydrogen-bond acceptors (Lipinski definition) is 4. The molecular weight excluding hydrogens is 275 g/mol. The Morgan fingerprint density at radius 3 is 2.76 bits per heavy atom. The van der Waals surface area contributed by atoms with Crippen molar-refractivity contribution in [3.8, 4) is 5.75 Å². The lowest BCUT2D eigenvalue weighted by molar-refractivity contribution is -0.105. The van der Waals surface area contributed by atoms with E-state index in [-0.39, 0.29) is 13.2 Å². The van der Waals surface area contributed by atoms with Crippen molar-refractivity contribution >= 4 is 24.5 Å². The number of nitrogens with one attached hydrogen (secondary N) is 1. The number of ether oxygens (including phenoxy) is 1. The van der Waals surface area contributed by atoms with Gasteiger partial charge >= 0.3 is 0 Å². The smallest absolute Gasteiger partial charge is 0.211 e. The van der Waals surface area contributed by atoms with Gasteiger partial charge in [-0.15, -0.1) is 0 Å². The molecule has 21 heavy (non-hydrogen) atoms. The molecule has 0 saturated heterocycles. The number of hydrogen-bond donors (Lipinski definition) is 2. The van der Waals surface area contributed by atoms with Gasteiger partial charge in [0.05, 0.1) is 12.0 Å². The Balaban J connectivity index is 2.97. The summed E-state index contributed by atoms with van der Waals surface area (Å²) in [6, 6.07) is 4.94. The van der Waals surface area contributed by atoms with E-state index in [1.165, 1.54) is 0 Å². The number of allylic oxidation sites excluding steroid dienone is 1. The largest absolute Gasteiger partial charge is 0.489 e. The van der Waals surface area contributed by atoms with E-state index in [2.05, 4.69) is 5.32 Å². The highest BCUT2D eigenvalue weighted by atomic mass is 19.1. The first-order chi connectivity index (χ1) is 10.1. The minimum Gasteiger partial charge on any atom is -0.489 e. The number of carbonyl (C=O) groups excluding carboxylic acids is 2. The van der Waals surface area contributed by atoms with Crippen LogP contribution >= 0.6 is 0 Å². The highest BCUT2D eigenvalue weighted by Crippen LogP contribution is 2.24. The molecule has 0 saturated carbocycles. The lowest BCUT2D eigenvalue weighted by Crippen LogP contribution is -2.11. The second-order valence-electron chi connectivity index (χ2n) is 4.28. The molecule has 112 valence electrons. The molecule has 0 radical (unpaired) electrons. The summed E-state index contributed by atoms with van der Waals surface area (Å²) in [6.07, 6.45) is 3.29. The molecule has 1 aromatic rings. The Morgan fingerprint density at radius 1 is 1.43 bits per heavy atom. The zero-order chi connectivity index (χ0) is 15.7. The first-order valence-electron chi connectivity index (χ1n) is 6.23. The van der Waals surface area contributed by atoms with Crippen LogP contribution in [-0.4, -0.2) is 25.8 Å². The second-order valence-corrected chi connectivity index (χ2v) is 4.28. The molecule has 1 aromatic carbocycles. The van der Waals surface area contributed by atoms with Gasteiger partial charge in [-0.3, -0.25) is 9.59 Å². The van der Waals surface area contributed by atoms with Gasteiger partial charge in [-0.25, -0.2) is 4.39 Å². The Morgan fingerprint density at radius 2 is 2.19 bits per heavy atom. The first-order valence-corrected chi connectivity index (χ1v) is 6.23. The Hall–Kier alpha value is -2.47. The molecule has 3 N–H and O–H groups in total. The fourth-order valence-electron chi connectivity index (χ4n) is 1.53. The summed E-state index contributed by atoms with van der Waals surface area (Å²) in [5, 5.41) is 2.53. The molecule has 0 atom stereocenters. The molecular formula is C15H17FN2O3. The predicted octanol–water partition coefficient (Wildman–Crippen LogP) is 2.05. The molecule has 0 spiro atoms. The molecule has 0 aliphatic carbocycles. The molecule has 0 unspecified atom stereocenters. The number of carbonyl (C=O) groups is 2. The molecule has 0 heterocycles. The molecule has 0 fully saturated rings. The standard InChI is InChI=1S/C15H17FN2O3/c1-11(8-19)4-13-2-3-14(5-15(13)18-10-20)21-9-12(6-16)7-17/h2-6,8,10H,7,9,17H2,1H3,(H,18,20)/b11-4+,12-6-. The number of aldehydes is 1. The van der Waals surface area contributed by atoms with Gasteiger partial charge in [0.2, 0.25) is 6.41 Å². The molecule has 6 heteroatoms. The van der Waals surface area contributed by atoms with Crippen molar-refractivity contribution in [3.05, 3.63) is 41.2 Å². The normalized spacial score (nSPS) is 12.0. The molecule has 0 aliphatic heterocycles. The Labute approximate surface area is 122 Å². The lowest BCUT2D eigenvalue weighted by atomic mass is 10.1. The van der Waals surface area contributed by atoms with Gasteiger partial charge in [0.15, 0.2) is 0 Å². The van der Waals surface area contributed by atoms with Crippen molar-refractivity contribution in [1.29, 1.82) is 0 Å².